The van der Waals surface area contributed by atoms with E-state index < -0.39 is 0 Å². The minimum atomic E-state index is 0.0471. The number of rotatable bonds is 1. The maximum Gasteiger partial charge on any atom is 0.202 e. The second-order valence-corrected chi connectivity index (χ2v) is 5.53. The van der Waals surface area contributed by atoms with Crippen LogP contribution in [0.5, 0.6) is 0 Å². The maximum absolute atomic E-state index is 5.84. The summed E-state index contributed by atoms with van der Waals surface area (Å²) < 4.78 is 6.87. The molecule has 1 aromatic heterocycles. The van der Waals surface area contributed by atoms with Crippen LogP contribution in [0.4, 0.5) is 0 Å². The van der Waals surface area contributed by atoms with Crippen LogP contribution in [0.2, 0.25) is 0 Å². The molecule has 1 N–H and O–H groups in total. The summed E-state index contributed by atoms with van der Waals surface area (Å²) in [5.41, 5.74) is 1.84. The molecule has 16 heavy (non-hydrogen) atoms. The molecule has 0 saturated carbocycles. The van der Waals surface area contributed by atoms with Gasteiger partial charge in [0.15, 0.2) is 5.58 Å². The fourth-order valence-corrected chi connectivity index (χ4v) is 2.51. The average molecular weight is 281 g/mol. The van der Waals surface area contributed by atoms with E-state index in [4.69, 9.17) is 4.42 Å². The Bertz CT molecular complexity index is 529. The van der Waals surface area contributed by atoms with Crippen molar-refractivity contribution in [2.45, 2.75) is 18.8 Å². The van der Waals surface area contributed by atoms with Crippen LogP contribution in [0.15, 0.2) is 27.1 Å². The summed E-state index contributed by atoms with van der Waals surface area (Å²) in [6, 6.07) is 5.93. The van der Waals surface area contributed by atoms with Crippen LogP contribution in [-0.4, -0.2) is 18.1 Å². The highest BCUT2D eigenvalue weighted by Crippen LogP contribution is 2.32. The van der Waals surface area contributed by atoms with Crippen molar-refractivity contribution in [3.8, 4) is 0 Å². The van der Waals surface area contributed by atoms with Gasteiger partial charge < -0.3 is 9.73 Å². The highest BCUT2D eigenvalue weighted by Gasteiger charge is 2.35. The predicted octanol–water partition coefficient (Wildman–Crippen LogP) is 2.84. The lowest BCUT2D eigenvalue weighted by molar-refractivity contribution is 0.382. The van der Waals surface area contributed by atoms with Gasteiger partial charge in [-0.05, 0) is 38.1 Å². The van der Waals surface area contributed by atoms with Gasteiger partial charge in [0.25, 0.3) is 0 Å². The van der Waals surface area contributed by atoms with E-state index in [0.29, 0.717) is 0 Å². The molecule has 1 atom stereocenters. The highest BCUT2D eigenvalue weighted by molar-refractivity contribution is 9.10. The molecule has 0 radical (unpaired) electrons. The van der Waals surface area contributed by atoms with Crippen molar-refractivity contribution in [2.75, 3.05) is 13.1 Å². The number of nitrogens with zero attached hydrogens (tertiary/aromatic N) is 1. The Morgan fingerprint density at radius 2 is 2.38 bits per heavy atom. The van der Waals surface area contributed by atoms with Crippen molar-refractivity contribution in [3.05, 3.63) is 28.6 Å². The lowest BCUT2D eigenvalue weighted by Crippen LogP contribution is -2.25. The van der Waals surface area contributed by atoms with E-state index in [1.165, 1.54) is 0 Å². The lowest BCUT2D eigenvalue weighted by atomic mass is 9.90. The number of hydrogen-bond acceptors (Lipinski definition) is 3. The molecule has 1 aliphatic rings. The zero-order valence-corrected chi connectivity index (χ0v) is 10.7. The van der Waals surface area contributed by atoms with Crippen LogP contribution in [0, 0.1) is 0 Å². The van der Waals surface area contributed by atoms with Crippen molar-refractivity contribution in [3.63, 3.8) is 0 Å². The van der Waals surface area contributed by atoms with Crippen LogP contribution in [-0.2, 0) is 5.41 Å². The van der Waals surface area contributed by atoms with Crippen molar-refractivity contribution in [2.24, 2.45) is 0 Å². The summed E-state index contributed by atoms with van der Waals surface area (Å²) in [6.07, 6.45) is 1.08. The number of aromatic nitrogens is 1. The molecule has 0 bridgehead atoms. The smallest absolute Gasteiger partial charge is 0.202 e. The number of hydrogen-bond donors (Lipinski definition) is 1. The van der Waals surface area contributed by atoms with Gasteiger partial charge in [-0.3, -0.25) is 0 Å². The fraction of sp³-hybridized carbons (Fsp3) is 0.417. The van der Waals surface area contributed by atoms with Gasteiger partial charge in [-0.15, -0.1) is 0 Å². The first-order valence-electron chi connectivity index (χ1n) is 5.45. The first-order chi connectivity index (χ1) is 7.67. The largest absolute Gasteiger partial charge is 0.440 e. The Morgan fingerprint density at radius 1 is 1.50 bits per heavy atom. The molecular weight excluding hydrogens is 268 g/mol. The molecule has 1 saturated heterocycles. The molecule has 3 rings (SSSR count). The molecule has 1 aliphatic heterocycles. The number of nitrogens with one attached hydrogen (secondary N) is 1. The van der Waals surface area contributed by atoms with Gasteiger partial charge in [-0.1, -0.05) is 15.9 Å². The first kappa shape index (κ1) is 10.3. The number of oxazole rings is 1. The number of halogens is 1. The van der Waals surface area contributed by atoms with Gasteiger partial charge in [-0.25, -0.2) is 4.98 Å². The van der Waals surface area contributed by atoms with E-state index in [1.807, 2.05) is 18.2 Å². The summed E-state index contributed by atoms with van der Waals surface area (Å²) in [5, 5.41) is 3.36. The third-order valence-electron chi connectivity index (χ3n) is 3.23. The van der Waals surface area contributed by atoms with Crippen LogP contribution in [0.3, 0.4) is 0 Å². The topological polar surface area (TPSA) is 38.1 Å². The van der Waals surface area contributed by atoms with Crippen molar-refractivity contribution in [1.29, 1.82) is 0 Å². The molecule has 0 spiro atoms. The second kappa shape index (κ2) is 3.57. The van der Waals surface area contributed by atoms with Gasteiger partial charge in [0.2, 0.25) is 5.89 Å². The van der Waals surface area contributed by atoms with Crippen molar-refractivity contribution in [1.82, 2.24) is 10.3 Å². The summed E-state index contributed by atoms with van der Waals surface area (Å²) in [6.45, 7) is 4.19. The van der Waals surface area contributed by atoms with Gasteiger partial charge in [0.1, 0.15) is 5.52 Å². The zero-order valence-electron chi connectivity index (χ0n) is 9.09. The molecule has 84 valence electrons. The van der Waals surface area contributed by atoms with Crippen LogP contribution in [0.1, 0.15) is 19.2 Å². The molecule has 1 aromatic carbocycles. The predicted molar refractivity (Wildman–Crippen MR) is 66.5 cm³/mol. The minimum absolute atomic E-state index is 0.0471. The summed E-state index contributed by atoms with van der Waals surface area (Å²) in [5.74, 6) is 0.852. The molecule has 3 nitrogen and oxygen atoms in total. The van der Waals surface area contributed by atoms with Gasteiger partial charge >= 0.3 is 0 Å². The third-order valence-corrected chi connectivity index (χ3v) is 3.73. The van der Waals surface area contributed by atoms with Crippen molar-refractivity contribution < 1.29 is 4.42 Å². The Hall–Kier alpha value is -0.870. The Balaban J connectivity index is 2.11. The van der Waals surface area contributed by atoms with Gasteiger partial charge in [-0.2, -0.15) is 0 Å². The normalized spacial score (nSPS) is 25.4. The van der Waals surface area contributed by atoms with Gasteiger partial charge in [0, 0.05) is 11.0 Å². The summed E-state index contributed by atoms with van der Waals surface area (Å²) in [7, 11) is 0. The first-order valence-corrected chi connectivity index (χ1v) is 6.24. The van der Waals surface area contributed by atoms with Gasteiger partial charge in [0.05, 0.1) is 5.41 Å². The molecular formula is C12H13BrN2O. The standard InChI is InChI=1S/C12H13BrN2O/c1-12(4-5-14-7-12)11-15-9-6-8(13)2-3-10(9)16-11/h2-3,6,14H,4-5,7H2,1H3. The van der Waals surface area contributed by atoms with Crippen LogP contribution < -0.4 is 5.32 Å². The summed E-state index contributed by atoms with van der Waals surface area (Å²) in [4.78, 5) is 4.59. The van der Waals surface area contributed by atoms with Crippen LogP contribution >= 0.6 is 15.9 Å². The molecule has 0 amide bonds. The zero-order chi connectivity index (χ0) is 11.2. The number of fused-ring (bicyclic) bond motifs is 1. The van der Waals surface area contributed by atoms with Crippen molar-refractivity contribution >= 4 is 27.0 Å². The fourth-order valence-electron chi connectivity index (χ4n) is 2.16. The minimum Gasteiger partial charge on any atom is -0.440 e. The molecule has 1 fully saturated rings. The second-order valence-electron chi connectivity index (χ2n) is 4.62. The summed E-state index contributed by atoms with van der Waals surface area (Å²) >= 11 is 3.44. The van der Waals surface area contributed by atoms with E-state index >= 15 is 0 Å². The highest BCUT2D eigenvalue weighted by atomic mass is 79.9. The maximum atomic E-state index is 5.84. The van der Waals surface area contributed by atoms with E-state index in [0.717, 1.165) is 41.0 Å². The molecule has 2 heterocycles. The van der Waals surface area contributed by atoms with Crippen LogP contribution in [0.25, 0.3) is 11.1 Å². The molecule has 4 heteroatoms. The number of benzene rings is 1. The van der Waals surface area contributed by atoms with E-state index in [2.05, 4.69) is 33.2 Å². The molecule has 0 aliphatic carbocycles. The van der Waals surface area contributed by atoms with E-state index in [9.17, 15) is 0 Å². The van der Waals surface area contributed by atoms with E-state index in [-0.39, 0.29) is 5.41 Å². The molecule has 1 unspecified atom stereocenters. The average Bonchev–Trinajstić information content (AvgIpc) is 2.84. The molecule has 2 aromatic rings. The monoisotopic (exact) mass is 280 g/mol. The Kier molecular flexibility index (Phi) is 2.30. The quantitative estimate of drug-likeness (QED) is 0.873. The Morgan fingerprint density at radius 3 is 3.12 bits per heavy atom. The van der Waals surface area contributed by atoms with E-state index in [1.54, 1.807) is 0 Å². The SMILES string of the molecule is CC1(c2nc3cc(Br)ccc3o2)CCNC1. The lowest BCUT2D eigenvalue weighted by Gasteiger charge is -2.16. The Labute approximate surface area is 102 Å². The third kappa shape index (κ3) is 1.57.